The van der Waals surface area contributed by atoms with Gasteiger partial charge in [0.05, 0.1) is 0 Å². The number of hydrogen-bond donors (Lipinski definition) is 0. The zero-order valence-corrected chi connectivity index (χ0v) is 8.62. The van der Waals surface area contributed by atoms with Gasteiger partial charge < -0.3 is 0 Å². The smallest absolute Gasteiger partial charge is 0.160 e. The van der Waals surface area contributed by atoms with E-state index in [1.54, 1.807) is 0 Å². The Balaban J connectivity index is 2.47. The molecule has 12 heavy (non-hydrogen) atoms. The van der Waals surface area contributed by atoms with Crippen LogP contribution in [0.4, 0.5) is 0 Å². The molecule has 68 valence electrons. The summed E-state index contributed by atoms with van der Waals surface area (Å²) >= 11 is 1.87. The highest BCUT2D eigenvalue weighted by atomic mass is 32.2. The maximum Gasteiger partial charge on any atom is 0.160 e. The third kappa shape index (κ3) is 3.02. The number of thioether (sulfide) groups is 1. The first kappa shape index (κ1) is 9.85. The van der Waals surface area contributed by atoms with Gasteiger partial charge >= 0.3 is 0 Å². The van der Waals surface area contributed by atoms with Crippen LogP contribution in [0.2, 0.25) is 0 Å². The second-order valence-electron chi connectivity index (χ2n) is 3.58. The molecule has 0 unspecified atom stereocenters. The Labute approximate surface area is 78.6 Å². The minimum absolute atomic E-state index is 0.370. The molecule has 0 aliphatic carbocycles. The first-order valence-corrected chi connectivity index (χ1v) is 5.65. The van der Waals surface area contributed by atoms with Crippen LogP contribution in [0.1, 0.15) is 26.7 Å². The molecule has 0 aromatic carbocycles. The average molecular weight is 184 g/mol. The van der Waals surface area contributed by atoms with Gasteiger partial charge in [0, 0.05) is 23.5 Å². The molecule has 1 saturated heterocycles. The molecular formula is C10H16OS. The molecule has 0 radical (unpaired) electrons. The van der Waals surface area contributed by atoms with Gasteiger partial charge in [-0.15, -0.1) is 0 Å². The highest BCUT2D eigenvalue weighted by Gasteiger charge is 2.14. The molecule has 1 nitrogen and oxygen atoms in total. The van der Waals surface area contributed by atoms with Gasteiger partial charge in [0.2, 0.25) is 0 Å². The Morgan fingerprint density at radius 2 is 2.33 bits per heavy atom. The van der Waals surface area contributed by atoms with Crippen LogP contribution >= 0.6 is 11.8 Å². The SMILES string of the molecule is CC(C)C/C=C1\CSCCC1=O. The van der Waals surface area contributed by atoms with Crippen molar-refractivity contribution in [3.05, 3.63) is 11.6 Å². The minimum Gasteiger partial charge on any atom is -0.295 e. The molecule has 2 heteroatoms. The summed E-state index contributed by atoms with van der Waals surface area (Å²) in [6.07, 6.45) is 3.91. The fraction of sp³-hybridized carbons (Fsp3) is 0.700. The van der Waals surface area contributed by atoms with Crippen LogP contribution in [-0.4, -0.2) is 17.3 Å². The third-order valence-electron chi connectivity index (χ3n) is 1.92. The van der Waals surface area contributed by atoms with Gasteiger partial charge in [-0.2, -0.15) is 11.8 Å². The largest absolute Gasteiger partial charge is 0.295 e. The summed E-state index contributed by atoms with van der Waals surface area (Å²) in [6, 6.07) is 0. The fourth-order valence-corrected chi connectivity index (χ4v) is 2.11. The molecule has 0 atom stereocenters. The number of hydrogen-bond acceptors (Lipinski definition) is 2. The number of allylic oxidation sites excluding steroid dienone is 1. The molecule has 0 bridgehead atoms. The zero-order valence-electron chi connectivity index (χ0n) is 7.80. The van der Waals surface area contributed by atoms with Gasteiger partial charge in [-0.3, -0.25) is 4.79 Å². The highest BCUT2D eigenvalue weighted by Crippen LogP contribution is 2.20. The predicted molar refractivity (Wildman–Crippen MR) is 54.5 cm³/mol. The molecule has 0 aromatic rings. The molecule has 0 amide bonds. The molecule has 1 fully saturated rings. The summed E-state index contributed by atoms with van der Waals surface area (Å²) < 4.78 is 0. The molecule has 0 aromatic heterocycles. The van der Waals surface area contributed by atoms with Crippen LogP contribution in [0.15, 0.2) is 11.6 Å². The average Bonchev–Trinajstić information content (AvgIpc) is 2.03. The second-order valence-corrected chi connectivity index (χ2v) is 4.69. The lowest BCUT2D eigenvalue weighted by Crippen LogP contribution is -2.12. The Bertz CT molecular complexity index is 194. The van der Waals surface area contributed by atoms with Gasteiger partial charge in [-0.1, -0.05) is 19.9 Å². The molecule has 1 rings (SSSR count). The normalized spacial score (nSPS) is 22.2. The van der Waals surface area contributed by atoms with Gasteiger partial charge in [0.15, 0.2) is 5.78 Å². The van der Waals surface area contributed by atoms with Crippen molar-refractivity contribution in [1.29, 1.82) is 0 Å². The van der Waals surface area contributed by atoms with Gasteiger partial charge in [0.1, 0.15) is 0 Å². The monoisotopic (exact) mass is 184 g/mol. The maximum absolute atomic E-state index is 11.3. The summed E-state index contributed by atoms with van der Waals surface area (Å²) in [4.78, 5) is 11.3. The van der Waals surface area contributed by atoms with Crippen LogP contribution in [0, 0.1) is 5.92 Å². The number of ketones is 1. The Morgan fingerprint density at radius 3 is 2.92 bits per heavy atom. The van der Waals surface area contributed by atoms with E-state index < -0.39 is 0 Å². The minimum atomic E-state index is 0.370. The standard InChI is InChI=1S/C10H16OS/c1-8(2)3-4-9-7-12-6-5-10(9)11/h4,8H,3,5-7H2,1-2H3/b9-4+. The van der Waals surface area contributed by atoms with Crippen LogP contribution in [0.5, 0.6) is 0 Å². The van der Waals surface area contributed by atoms with E-state index in [0.717, 1.165) is 29.9 Å². The predicted octanol–water partition coefficient (Wildman–Crippen LogP) is 2.66. The van der Waals surface area contributed by atoms with E-state index in [1.165, 1.54) is 0 Å². The van der Waals surface area contributed by atoms with Crippen molar-refractivity contribution in [2.45, 2.75) is 26.7 Å². The van der Waals surface area contributed by atoms with E-state index in [9.17, 15) is 4.79 Å². The van der Waals surface area contributed by atoms with Crippen LogP contribution in [0.3, 0.4) is 0 Å². The molecule has 0 saturated carbocycles. The van der Waals surface area contributed by atoms with E-state index in [4.69, 9.17) is 0 Å². The first-order valence-electron chi connectivity index (χ1n) is 4.50. The number of carbonyl (C=O) groups is 1. The fourth-order valence-electron chi connectivity index (χ4n) is 1.14. The van der Waals surface area contributed by atoms with Crippen molar-refractivity contribution >= 4 is 17.5 Å². The highest BCUT2D eigenvalue weighted by molar-refractivity contribution is 7.99. The van der Waals surface area contributed by atoms with E-state index in [2.05, 4.69) is 19.9 Å². The van der Waals surface area contributed by atoms with E-state index in [0.29, 0.717) is 11.7 Å². The Kier molecular flexibility index (Phi) is 3.86. The van der Waals surface area contributed by atoms with Crippen molar-refractivity contribution < 1.29 is 4.79 Å². The van der Waals surface area contributed by atoms with E-state index >= 15 is 0 Å². The van der Waals surface area contributed by atoms with Crippen molar-refractivity contribution in [2.75, 3.05) is 11.5 Å². The molecule has 1 aliphatic heterocycles. The molecule has 1 heterocycles. The van der Waals surface area contributed by atoms with Gasteiger partial charge in [0.25, 0.3) is 0 Å². The van der Waals surface area contributed by atoms with Crippen molar-refractivity contribution in [2.24, 2.45) is 5.92 Å². The quantitative estimate of drug-likeness (QED) is 0.614. The first-order chi connectivity index (χ1) is 5.70. The van der Waals surface area contributed by atoms with Crippen LogP contribution in [-0.2, 0) is 4.79 Å². The van der Waals surface area contributed by atoms with Crippen molar-refractivity contribution in [3.63, 3.8) is 0 Å². The lowest BCUT2D eigenvalue weighted by atomic mass is 10.0. The molecule has 1 aliphatic rings. The van der Waals surface area contributed by atoms with E-state index in [-0.39, 0.29) is 0 Å². The molecule has 0 N–H and O–H groups in total. The van der Waals surface area contributed by atoms with Crippen molar-refractivity contribution in [1.82, 2.24) is 0 Å². The summed E-state index contributed by atoms with van der Waals surface area (Å²) in [5, 5.41) is 0. The summed E-state index contributed by atoms with van der Waals surface area (Å²) in [7, 11) is 0. The Hall–Kier alpha value is -0.240. The number of rotatable bonds is 2. The number of carbonyl (C=O) groups excluding carboxylic acids is 1. The third-order valence-corrected chi connectivity index (χ3v) is 2.93. The maximum atomic E-state index is 11.3. The lowest BCUT2D eigenvalue weighted by molar-refractivity contribution is -0.115. The van der Waals surface area contributed by atoms with Crippen LogP contribution < -0.4 is 0 Å². The van der Waals surface area contributed by atoms with Crippen molar-refractivity contribution in [3.8, 4) is 0 Å². The summed E-state index contributed by atoms with van der Waals surface area (Å²) in [6.45, 7) is 4.36. The molecule has 0 spiro atoms. The number of Topliss-reactive ketones (excluding diaryl/α,β-unsaturated/α-hetero) is 1. The lowest BCUT2D eigenvalue weighted by Gasteiger charge is -2.12. The molecular weight excluding hydrogens is 168 g/mol. The topological polar surface area (TPSA) is 17.1 Å². The summed E-state index contributed by atoms with van der Waals surface area (Å²) in [5.74, 6) is 2.98. The van der Waals surface area contributed by atoms with Gasteiger partial charge in [-0.05, 0) is 12.3 Å². The van der Waals surface area contributed by atoms with Gasteiger partial charge in [-0.25, -0.2) is 0 Å². The Morgan fingerprint density at radius 1 is 1.58 bits per heavy atom. The zero-order chi connectivity index (χ0) is 8.97. The second kappa shape index (κ2) is 4.70. The summed E-state index contributed by atoms with van der Waals surface area (Å²) in [5.41, 5.74) is 1.06. The van der Waals surface area contributed by atoms with E-state index in [1.807, 2.05) is 11.8 Å². The van der Waals surface area contributed by atoms with Crippen LogP contribution in [0.25, 0.3) is 0 Å².